The number of anilines is 1. The first-order chi connectivity index (χ1) is 8.20. The lowest BCUT2D eigenvalue weighted by Crippen LogP contribution is -2.34. The fraction of sp³-hybridized carbons (Fsp3) is 0.500. The number of carbonyl (C=O) groups excluding carboxylic acids is 1. The van der Waals surface area contributed by atoms with Crippen molar-refractivity contribution >= 4 is 11.8 Å². The fourth-order valence-electron chi connectivity index (χ4n) is 1.20. The van der Waals surface area contributed by atoms with Gasteiger partial charge in [0.2, 0.25) is 0 Å². The van der Waals surface area contributed by atoms with Gasteiger partial charge in [-0.05, 0) is 32.9 Å². The lowest BCUT2D eigenvalue weighted by atomic mass is 10.2. The van der Waals surface area contributed by atoms with E-state index in [-0.39, 0.29) is 5.69 Å². The van der Waals surface area contributed by atoms with Crippen molar-refractivity contribution in [2.75, 3.05) is 11.9 Å². The van der Waals surface area contributed by atoms with E-state index in [9.17, 15) is 13.6 Å². The van der Waals surface area contributed by atoms with Crippen LogP contribution in [-0.2, 0) is 4.74 Å². The van der Waals surface area contributed by atoms with Crippen molar-refractivity contribution in [3.63, 3.8) is 0 Å². The third kappa shape index (κ3) is 3.94. The van der Waals surface area contributed by atoms with E-state index in [4.69, 9.17) is 4.74 Å². The molecule has 1 aromatic rings. The van der Waals surface area contributed by atoms with Crippen LogP contribution in [0, 0.1) is 0 Å². The quantitative estimate of drug-likeness (QED) is 0.816. The number of alkyl halides is 2. The van der Waals surface area contributed by atoms with E-state index in [1.165, 1.54) is 24.2 Å². The number of pyridine rings is 1. The lowest BCUT2D eigenvalue weighted by molar-refractivity contribution is 0.0589. The maximum atomic E-state index is 12.5. The highest BCUT2D eigenvalue weighted by molar-refractivity contribution is 5.87. The molecule has 6 heteroatoms. The molecule has 0 aromatic carbocycles. The average Bonchev–Trinajstić information content (AvgIpc) is 2.26. The Bertz CT molecular complexity index is 430. The molecule has 0 saturated heterocycles. The van der Waals surface area contributed by atoms with Gasteiger partial charge in [-0.15, -0.1) is 0 Å². The Morgan fingerprint density at radius 1 is 1.44 bits per heavy atom. The Morgan fingerprint density at radius 3 is 2.56 bits per heavy atom. The molecule has 100 valence electrons. The number of hydrogen-bond donors (Lipinski definition) is 0. The smallest absolute Gasteiger partial charge is 0.414 e. The van der Waals surface area contributed by atoms with Crippen LogP contribution in [-0.4, -0.2) is 23.7 Å². The predicted molar refractivity (Wildman–Crippen MR) is 63.8 cm³/mol. The van der Waals surface area contributed by atoms with Gasteiger partial charge in [0.1, 0.15) is 11.3 Å². The second-order valence-electron chi connectivity index (χ2n) is 4.78. The maximum absolute atomic E-state index is 12.5. The molecule has 0 aliphatic heterocycles. The van der Waals surface area contributed by atoms with Gasteiger partial charge in [0.05, 0.1) is 5.69 Å². The van der Waals surface area contributed by atoms with Crippen LogP contribution in [0.3, 0.4) is 0 Å². The molecule has 0 fully saturated rings. The van der Waals surface area contributed by atoms with Crippen molar-refractivity contribution in [2.45, 2.75) is 32.8 Å². The summed E-state index contributed by atoms with van der Waals surface area (Å²) in [6.07, 6.45) is -2.04. The summed E-state index contributed by atoms with van der Waals surface area (Å²) in [6.45, 7) is 5.20. The number of amides is 1. The van der Waals surface area contributed by atoms with E-state index in [0.717, 1.165) is 6.07 Å². The largest absolute Gasteiger partial charge is 0.443 e. The molecule has 1 aromatic heterocycles. The highest BCUT2D eigenvalue weighted by Crippen LogP contribution is 2.22. The molecule has 0 atom stereocenters. The van der Waals surface area contributed by atoms with Gasteiger partial charge in [0.15, 0.2) is 0 Å². The molecule has 0 aliphatic carbocycles. The third-order valence-corrected chi connectivity index (χ3v) is 2.04. The monoisotopic (exact) mass is 258 g/mol. The first kappa shape index (κ1) is 14.3. The second-order valence-corrected chi connectivity index (χ2v) is 4.78. The van der Waals surface area contributed by atoms with Crippen molar-refractivity contribution in [1.29, 1.82) is 0 Å². The summed E-state index contributed by atoms with van der Waals surface area (Å²) in [4.78, 5) is 16.4. The molecule has 0 unspecified atom stereocenters. The van der Waals surface area contributed by atoms with Gasteiger partial charge in [-0.25, -0.2) is 13.6 Å². The van der Waals surface area contributed by atoms with Gasteiger partial charge < -0.3 is 4.74 Å². The zero-order valence-electron chi connectivity index (χ0n) is 10.8. The molecular weight excluding hydrogens is 242 g/mol. The van der Waals surface area contributed by atoms with E-state index in [1.54, 1.807) is 20.8 Å². The van der Waals surface area contributed by atoms with Gasteiger partial charge in [-0.1, -0.05) is 0 Å². The van der Waals surface area contributed by atoms with Gasteiger partial charge in [0, 0.05) is 13.2 Å². The first-order valence-corrected chi connectivity index (χ1v) is 5.41. The molecule has 1 amide bonds. The minimum Gasteiger partial charge on any atom is -0.443 e. The van der Waals surface area contributed by atoms with Gasteiger partial charge >= 0.3 is 6.09 Å². The number of ether oxygens (including phenoxy) is 1. The molecule has 0 spiro atoms. The van der Waals surface area contributed by atoms with Crippen molar-refractivity contribution in [3.05, 3.63) is 24.0 Å². The number of carbonyl (C=O) groups is 1. The van der Waals surface area contributed by atoms with E-state index in [2.05, 4.69) is 4.98 Å². The van der Waals surface area contributed by atoms with Crippen molar-refractivity contribution < 1.29 is 18.3 Å². The van der Waals surface area contributed by atoms with E-state index in [0.29, 0.717) is 5.69 Å². The normalized spacial score (nSPS) is 11.5. The lowest BCUT2D eigenvalue weighted by Gasteiger charge is -2.24. The number of rotatable bonds is 2. The summed E-state index contributed by atoms with van der Waals surface area (Å²) in [5.41, 5.74) is -0.693. The van der Waals surface area contributed by atoms with Crippen LogP contribution in [0.25, 0.3) is 0 Å². The minimum atomic E-state index is -2.67. The molecule has 0 bridgehead atoms. The second kappa shape index (κ2) is 5.29. The molecule has 1 rings (SSSR count). The van der Waals surface area contributed by atoms with Crippen LogP contribution >= 0.6 is 0 Å². The van der Waals surface area contributed by atoms with Crippen LogP contribution in [0.15, 0.2) is 18.3 Å². The van der Waals surface area contributed by atoms with Crippen LogP contribution in [0.2, 0.25) is 0 Å². The molecular formula is C12H16F2N2O2. The van der Waals surface area contributed by atoms with Crippen molar-refractivity contribution in [2.24, 2.45) is 0 Å². The number of halogens is 2. The highest BCUT2D eigenvalue weighted by Gasteiger charge is 2.21. The molecule has 4 nitrogen and oxygen atoms in total. The summed E-state index contributed by atoms with van der Waals surface area (Å²) >= 11 is 0. The Labute approximate surface area is 105 Å². The van der Waals surface area contributed by atoms with E-state index >= 15 is 0 Å². The van der Waals surface area contributed by atoms with Crippen molar-refractivity contribution in [1.82, 2.24) is 4.98 Å². The standard InChI is InChI=1S/C12H16F2N2O2/c1-12(2,3)18-11(17)16(4)8-5-6-15-9(7-8)10(13)14/h5-7,10H,1-4H3. The zero-order valence-corrected chi connectivity index (χ0v) is 10.8. The molecule has 0 radical (unpaired) electrons. The Morgan fingerprint density at radius 2 is 2.06 bits per heavy atom. The topological polar surface area (TPSA) is 42.4 Å². The molecule has 1 heterocycles. The Kier molecular flexibility index (Phi) is 4.21. The highest BCUT2D eigenvalue weighted by atomic mass is 19.3. The summed E-state index contributed by atoms with van der Waals surface area (Å²) in [7, 11) is 1.46. The average molecular weight is 258 g/mol. The summed E-state index contributed by atoms with van der Waals surface area (Å²) in [5, 5.41) is 0. The molecule has 0 N–H and O–H groups in total. The summed E-state index contributed by atoms with van der Waals surface area (Å²) < 4.78 is 30.1. The number of hydrogen-bond acceptors (Lipinski definition) is 3. The summed E-state index contributed by atoms with van der Waals surface area (Å²) in [6, 6.07) is 2.63. The maximum Gasteiger partial charge on any atom is 0.414 e. The first-order valence-electron chi connectivity index (χ1n) is 5.41. The Hall–Kier alpha value is -1.72. The van der Waals surface area contributed by atoms with Gasteiger partial charge in [0.25, 0.3) is 6.43 Å². The number of nitrogens with zero attached hydrogens (tertiary/aromatic N) is 2. The van der Waals surface area contributed by atoms with Crippen molar-refractivity contribution in [3.8, 4) is 0 Å². The van der Waals surface area contributed by atoms with Crippen LogP contribution in [0.4, 0.5) is 19.3 Å². The summed E-state index contributed by atoms with van der Waals surface area (Å²) in [5.74, 6) is 0. The minimum absolute atomic E-state index is 0.314. The molecule has 0 saturated carbocycles. The SMILES string of the molecule is CN(C(=O)OC(C)(C)C)c1ccnc(C(F)F)c1. The van der Waals surface area contributed by atoms with Crippen LogP contribution < -0.4 is 4.90 Å². The number of aromatic nitrogens is 1. The van der Waals surface area contributed by atoms with Crippen LogP contribution in [0.1, 0.15) is 32.9 Å². The van der Waals surface area contributed by atoms with E-state index < -0.39 is 18.1 Å². The van der Waals surface area contributed by atoms with Gasteiger partial charge in [-0.3, -0.25) is 9.88 Å². The Balaban J connectivity index is 2.87. The molecule has 18 heavy (non-hydrogen) atoms. The van der Waals surface area contributed by atoms with E-state index in [1.807, 2.05) is 0 Å². The predicted octanol–water partition coefficient (Wildman–Crippen LogP) is 3.39. The fourth-order valence-corrected chi connectivity index (χ4v) is 1.20. The third-order valence-electron chi connectivity index (χ3n) is 2.04. The molecule has 0 aliphatic rings. The van der Waals surface area contributed by atoms with Crippen LogP contribution in [0.5, 0.6) is 0 Å². The zero-order chi connectivity index (χ0) is 13.9. The van der Waals surface area contributed by atoms with Gasteiger partial charge in [-0.2, -0.15) is 0 Å².